The Kier molecular flexibility index (Phi) is 3.62. The summed E-state index contributed by atoms with van der Waals surface area (Å²) in [5.41, 5.74) is 7.04. The summed E-state index contributed by atoms with van der Waals surface area (Å²) in [7, 11) is 0. The van der Waals surface area contributed by atoms with Gasteiger partial charge in [0.15, 0.2) is 0 Å². The molecule has 0 amide bonds. The van der Waals surface area contributed by atoms with Crippen LogP contribution in [-0.4, -0.2) is 0 Å². The minimum atomic E-state index is 0.0407. The Morgan fingerprint density at radius 3 is 2.81 bits per heavy atom. The second-order valence-corrected chi connectivity index (χ2v) is 4.29. The lowest BCUT2D eigenvalue weighted by Gasteiger charge is -2.07. The summed E-state index contributed by atoms with van der Waals surface area (Å²) >= 11 is 0. The topological polar surface area (TPSA) is 39.2 Å². The van der Waals surface area contributed by atoms with E-state index >= 15 is 0 Å². The van der Waals surface area contributed by atoms with Crippen LogP contribution in [-0.2, 0) is 0 Å². The van der Waals surface area contributed by atoms with Crippen LogP contribution in [0.2, 0.25) is 0 Å². The zero-order valence-electron chi connectivity index (χ0n) is 9.78. The highest BCUT2D eigenvalue weighted by Gasteiger charge is 2.10. The third-order valence-electron chi connectivity index (χ3n) is 2.93. The van der Waals surface area contributed by atoms with E-state index in [2.05, 4.69) is 19.1 Å². The largest absolute Gasteiger partial charge is 0.459 e. The van der Waals surface area contributed by atoms with Crippen LogP contribution < -0.4 is 5.73 Å². The van der Waals surface area contributed by atoms with Crippen molar-refractivity contribution in [2.45, 2.75) is 38.6 Å². The lowest BCUT2D eigenvalue weighted by Crippen LogP contribution is -2.08. The Hall–Kier alpha value is -1.28. The van der Waals surface area contributed by atoms with Crippen molar-refractivity contribution in [3.8, 4) is 0 Å². The molecule has 2 N–H and O–H groups in total. The predicted molar refractivity (Wildman–Crippen MR) is 67.3 cm³/mol. The molecule has 0 saturated heterocycles. The number of unbranched alkanes of at least 4 members (excludes halogenated alkanes) is 2. The van der Waals surface area contributed by atoms with Crippen LogP contribution >= 0.6 is 0 Å². The Morgan fingerprint density at radius 1 is 1.25 bits per heavy atom. The first-order chi connectivity index (χ1) is 7.81. The standard InChI is InChI=1S/C14H19NO/c1-2-3-4-8-12(15)14-10-11-7-5-6-9-13(11)16-14/h5-7,9-10,12H,2-4,8,15H2,1H3. The maximum Gasteiger partial charge on any atom is 0.134 e. The maximum atomic E-state index is 6.11. The highest BCUT2D eigenvalue weighted by atomic mass is 16.3. The smallest absolute Gasteiger partial charge is 0.134 e. The van der Waals surface area contributed by atoms with Gasteiger partial charge in [-0.1, -0.05) is 44.4 Å². The van der Waals surface area contributed by atoms with Gasteiger partial charge in [-0.2, -0.15) is 0 Å². The molecule has 2 heteroatoms. The summed E-state index contributed by atoms with van der Waals surface area (Å²) in [5.74, 6) is 0.914. The second kappa shape index (κ2) is 5.17. The molecular weight excluding hydrogens is 198 g/mol. The third kappa shape index (κ3) is 2.45. The highest BCUT2D eigenvalue weighted by Crippen LogP contribution is 2.25. The SMILES string of the molecule is CCCCCC(N)c1cc2ccccc2o1. The van der Waals surface area contributed by atoms with E-state index in [1.807, 2.05) is 18.2 Å². The molecule has 0 aliphatic rings. The minimum absolute atomic E-state index is 0.0407. The fourth-order valence-corrected chi connectivity index (χ4v) is 1.94. The molecule has 0 aliphatic heterocycles. The number of hydrogen-bond acceptors (Lipinski definition) is 2. The van der Waals surface area contributed by atoms with E-state index in [-0.39, 0.29) is 6.04 Å². The van der Waals surface area contributed by atoms with Crippen LogP contribution in [0.25, 0.3) is 11.0 Å². The van der Waals surface area contributed by atoms with Gasteiger partial charge in [-0.25, -0.2) is 0 Å². The van der Waals surface area contributed by atoms with Crippen LogP contribution in [0.3, 0.4) is 0 Å². The minimum Gasteiger partial charge on any atom is -0.459 e. The van der Waals surface area contributed by atoms with Crippen LogP contribution in [0.4, 0.5) is 0 Å². The molecule has 1 aromatic carbocycles. The van der Waals surface area contributed by atoms with Crippen molar-refractivity contribution < 1.29 is 4.42 Å². The molecule has 2 rings (SSSR count). The molecule has 1 heterocycles. The average molecular weight is 217 g/mol. The summed E-state index contributed by atoms with van der Waals surface area (Å²) in [6.45, 7) is 2.20. The zero-order chi connectivity index (χ0) is 11.4. The van der Waals surface area contributed by atoms with E-state index in [0.29, 0.717) is 0 Å². The first kappa shape index (κ1) is 11.2. The van der Waals surface area contributed by atoms with Gasteiger partial charge < -0.3 is 10.2 Å². The first-order valence-electron chi connectivity index (χ1n) is 6.05. The van der Waals surface area contributed by atoms with Crippen molar-refractivity contribution in [2.24, 2.45) is 5.73 Å². The summed E-state index contributed by atoms with van der Waals surface area (Å²) < 4.78 is 5.74. The molecule has 16 heavy (non-hydrogen) atoms. The number of para-hydroxylation sites is 1. The molecule has 0 aliphatic carbocycles. The summed E-state index contributed by atoms with van der Waals surface area (Å²) in [5, 5.41) is 1.14. The monoisotopic (exact) mass is 217 g/mol. The van der Waals surface area contributed by atoms with E-state index in [1.54, 1.807) is 0 Å². The normalized spacial score (nSPS) is 13.1. The fourth-order valence-electron chi connectivity index (χ4n) is 1.94. The maximum absolute atomic E-state index is 6.11. The van der Waals surface area contributed by atoms with Gasteiger partial charge in [0.25, 0.3) is 0 Å². The molecule has 0 saturated carbocycles. The van der Waals surface area contributed by atoms with Gasteiger partial charge in [-0.3, -0.25) is 0 Å². The van der Waals surface area contributed by atoms with Gasteiger partial charge in [-0.15, -0.1) is 0 Å². The summed E-state index contributed by atoms with van der Waals surface area (Å²) in [6.07, 6.45) is 4.66. The van der Waals surface area contributed by atoms with E-state index < -0.39 is 0 Å². The number of benzene rings is 1. The Labute approximate surface area is 96.4 Å². The van der Waals surface area contributed by atoms with Crippen molar-refractivity contribution >= 4 is 11.0 Å². The second-order valence-electron chi connectivity index (χ2n) is 4.29. The Balaban J connectivity index is 2.07. The lowest BCUT2D eigenvalue weighted by molar-refractivity contribution is 0.464. The average Bonchev–Trinajstić information content (AvgIpc) is 2.73. The van der Waals surface area contributed by atoms with E-state index in [1.165, 1.54) is 19.3 Å². The van der Waals surface area contributed by atoms with Crippen LogP contribution in [0.15, 0.2) is 34.7 Å². The molecule has 2 nitrogen and oxygen atoms in total. The molecule has 0 bridgehead atoms. The van der Waals surface area contributed by atoms with E-state index in [0.717, 1.165) is 23.2 Å². The lowest BCUT2D eigenvalue weighted by atomic mass is 10.1. The number of hydrogen-bond donors (Lipinski definition) is 1. The van der Waals surface area contributed by atoms with Gasteiger partial charge in [-0.05, 0) is 18.6 Å². The van der Waals surface area contributed by atoms with Gasteiger partial charge in [0.1, 0.15) is 11.3 Å². The quantitative estimate of drug-likeness (QED) is 0.768. The molecule has 1 aromatic heterocycles. The Bertz CT molecular complexity index is 414. The van der Waals surface area contributed by atoms with Crippen molar-refractivity contribution in [3.63, 3.8) is 0 Å². The molecule has 0 radical (unpaired) electrons. The fraction of sp³-hybridized carbons (Fsp3) is 0.429. The van der Waals surface area contributed by atoms with Crippen LogP contribution in [0.1, 0.15) is 44.4 Å². The molecule has 1 unspecified atom stereocenters. The van der Waals surface area contributed by atoms with Crippen molar-refractivity contribution in [2.75, 3.05) is 0 Å². The number of nitrogens with two attached hydrogens (primary N) is 1. The number of rotatable bonds is 5. The summed E-state index contributed by atoms with van der Waals surface area (Å²) in [6, 6.07) is 10.1. The molecule has 1 atom stereocenters. The van der Waals surface area contributed by atoms with Crippen molar-refractivity contribution in [1.82, 2.24) is 0 Å². The molecule has 86 valence electrons. The molecular formula is C14H19NO. The third-order valence-corrected chi connectivity index (χ3v) is 2.93. The molecule has 0 fully saturated rings. The molecule has 0 spiro atoms. The highest BCUT2D eigenvalue weighted by molar-refractivity contribution is 5.77. The Morgan fingerprint density at radius 2 is 2.06 bits per heavy atom. The number of furan rings is 1. The predicted octanol–water partition coefficient (Wildman–Crippen LogP) is 4.01. The van der Waals surface area contributed by atoms with Crippen LogP contribution in [0, 0.1) is 0 Å². The van der Waals surface area contributed by atoms with E-state index in [9.17, 15) is 0 Å². The van der Waals surface area contributed by atoms with Crippen molar-refractivity contribution in [1.29, 1.82) is 0 Å². The summed E-state index contributed by atoms with van der Waals surface area (Å²) in [4.78, 5) is 0. The molecule has 2 aromatic rings. The van der Waals surface area contributed by atoms with Gasteiger partial charge in [0, 0.05) is 5.39 Å². The van der Waals surface area contributed by atoms with Gasteiger partial charge in [0.2, 0.25) is 0 Å². The van der Waals surface area contributed by atoms with Gasteiger partial charge in [0.05, 0.1) is 6.04 Å². The first-order valence-corrected chi connectivity index (χ1v) is 6.05. The van der Waals surface area contributed by atoms with E-state index in [4.69, 9.17) is 10.2 Å². The van der Waals surface area contributed by atoms with Crippen molar-refractivity contribution in [3.05, 3.63) is 36.1 Å². The zero-order valence-corrected chi connectivity index (χ0v) is 9.78. The number of fused-ring (bicyclic) bond motifs is 1. The van der Waals surface area contributed by atoms with Gasteiger partial charge >= 0.3 is 0 Å². The van der Waals surface area contributed by atoms with Crippen LogP contribution in [0.5, 0.6) is 0 Å².